The Morgan fingerprint density at radius 2 is 1.70 bits per heavy atom. The van der Waals surface area contributed by atoms with E-state index >= 15 is 0 Å². The fourth-order valence-electron chi connectivity index (χ4n) is 2.72. The first-order chi connectivity index (χ1) is 12.6. The number of carbonyl (C=O) groups is 1. The van der Waals surface area contributed by atoms with Crippen molar-refractivity contribution in [1.82, 2.24) is 5.32 Å². The van der Waals surface area contributed by atoms with Gasteiger partial charge in [0.15, 0.2) is 0 Å². The van der Waals surface area contributed by atoms with Crippen molar-refractivity contribution in [3.8, 4) is 0 Å². The summed E-state index contributed by atoms with van der Waals surface area (Å²) in [4.78, 5) is 12.5. The topological polar surface area (TPSA) is 66.5 Å². The summed E-state index contributed by atoms with van der Waals surface area (Å²) in [5.41, 5.74) is 2.81. The Balaban J connectivity index is 2.21. The molecule has 0 heterocycles. The molecule has 1 amide bonds. The van der Waals surface area contributed by atoms with E-state index in [4.69, 9.17) is 0 Å². The largest absolute Gasteiger partial charge is 0.352 e. The normalized spacial score (nSPS) is 11.5. The Morgan fingerprint density at radius 3 is 2.26 bits per heavy atom. The first-order valence-corrected chi connectivity index (χ1v) is 10.5. The molecule has 0 saturated heterocycles. The quantitative estimate of drug-likeness (QED) is 0.782. The van der Waals surface area contributed by atoms with E-state index < -0.39 is 10.0 Å². The van der Waals surface area contributed by atoms with Crippen LogP contribution in [0.4, 0.5) is 5.69 Å². The molecule has 146 valence electrons. The van der Waals surface area contributed by atoms with Crippen molar-refractivity contribution in [2.24, 2.45) is 5.92 Å². The minimum absolute atomic E-state index is 0.144. The van der Waals surface area contributed by atoms with Crippen LogP contribution < -0.4 is 9.62 Å². The van der Waals surface area contributed by atoms with Crippen molar-refractivity contribution in [2.75, 3.05) is 17.9 Å². The molecule has 0 fully saturated rings. The van der Waals surface area contributed by atoms with E-state index in [2.05, 4.69) is 19.2 Å². The zero-order chi connectivity index (χ0) is 20.2. The Hall–Kier alpha value is -2.34. The summed E-state index contributed by atoms with van der Waals surface area (Å²) in [5.74, 6) is 0.379. The van der Waals surface area contributed by atoms with Crippen molar-refractivity contribution < 1.29 is 13.2 Å². The molecule has 27 heavy (non-hydrogen) atoms. The summed E-state index contributed by atoms with van der Waals surface area (Å²) < 4.78 is 27.0. The molecule has 0 aromatic heterocycles. The van der Waals surface area contributed by atoms with Crippen molar-refractivity contribution in [3.05, 3.63) is 59.2 Å². The van der Waals surface area contributed by atoms with Gasteiger partial charge in [0, 0.05) is 19.2 Å². The number of sulfonamides is 1. The minimum atomic E-state index is -3.66. The number of hydrogen-bond donors (Lipinski definition) is 1. The molecule has 0 radical (unpaired) electrons. The molecular weight excluding hydrogens is 360 g/mol. The SMILES string of the molecule is Cc1ccc(S(=O)(=O)N(C)c2ccc(C(=O)NCCC(C)C)cc2C)cc1. The van der Waals surface area contributed by atoms with Crippen LogP contribution in [-0.4, -0.2) is 27.9 Å². The van der Waals surface area contributed by atoms with Gasteiger partial charge in [-0.25, -0.2) is 8.42 Å². The number of amides is 1. The molecule has 0 aliphatic rings. The number of hydrogen-bond acceptors (Lipinski definition) is 3. The summed E-state index contributed by atoms with van der Waals surface area (Å²) in [6.07, 6.45) is 0.917. The lowest BCUT2D eigenvalue weighted by Crippen LogP contribution is -2.28. The molecule has 2 aromatic carbocycles. The predicted octanol–water partition coefficient (Wildman–Crippen LogP) is 3.90. The molecule has 2 aromatic rings. The molecule has 6 heteroatoms. The van der Waals surface area contributed by atoms with Crippen LogP contribution in [0.15, 0.2) is 47.4 Å². The first kappa shape index (κ1) is 21.0. The number of anilines is 1. The van der Waals surface area contributed by atoms with Crippen molar-refractivity contribution >= 4 is 21.6 Å². The number of aryl methyl sites for hydroxylation is 2. The second-order valence-electron chi connectivity index (χ2n) is 7.23. The van der Waals surface area contributed by atoms with E-state index in [0.29, 0.717) is 23.7 Å². The molecule has 1 N–H and O–H groups in total. The summed E-state index contributed by atoms with van der Waals surface area (Å²) >= 11 is 0. The molecule has 5 nitrogen and oxygen atoms in total. The van der Waals surface area contributed by atoms with Crippen LogP contribution in [0.3, 0.4) is 0 Å². The van der Waals surface area contributed by atoms with Gasteiger partial charge in [-0.05, 0) is 62.1 Å². The van der Waals surface area contributed by atoms with Gasteiger partial charge in [-0.3, -0.25) is 9.10 Å². The maximum atomic E-state index is 12.9. The van der Waals surface area contributed by atoms with Gasteiger partial charge >= 0.3 is 0 Å². The van der Waals surface area contributed by atoms with Gasteiger partial charge < -0.3 is 5.32 Å². The number of nitrogens with one attached hydrogen (secondary N) is 1. The van der Waals surface area contributed by atoms with Crippen LogP contribution >= 0.6 is 0 Å². The fourth-order valence-corrected chi connectivity index (χ4v) is 3.98. The smallest absolute Gasteiger partial charge is 0.264 e. The standard InChI is InChI=1S/C21H28N2O3S/c1-15(2)12-13-22-21(24)18-8-11-20(17(4)14-18)23(5)27(25,26)19-9-6-16(3)7-10-19/h6-11,14-15H,12-13H2,1-5H3,(H,22,24). The van der Waals surface area contributed by atoms with Crippen molar-refractivity contribution in [1.29, 1.82) is 0 Å². The van der Waals surface area contributed by atoms with Crippen LogP contribution in [0, 0.1) is 19.8 Å². The molecule has 2 rings (SSSR count). The van der Waals surface area contributed by atoms with Crippen LogP contribution in [0.25, 0.3) is 0 Å². The number of rotatable bonds is 7. The summed E-state index contributed by atoms with van der Waals surface area (Å²) in [7, 11) is -2.13. The number of nitrogens with zero attached hydrogens (tertiary/aromatic N) is 1. The maximum absolute atomic E-state index is 12.9. The minimum Gasteiger partial charge on any atom is -0.352 e. The highest BCUT2D eigenvalue weighted by Gasteiger charge is 2.22. The Bertz CT molecular complexity index is 904. The third-order valence-electron chi connectivity index (χ3n) is 4.48. The lowest BCUT2D eigenvalue weighted by atomic mass is 10.1. The maximum Gasteiger partial charge on any atom is 0.264 e. The van der Waals surface area contributed by atoms with E-state index in [-0.39, 0.29) is 10.8 Å². The zero-order valence-electron chi connectivity index (χ0n) is 16.6. The molecule has 0 aliphatic heterocycles. The Kier molecular flexibility index (Phi) is 6.65. The summed E-state index contributed by atoms with van der Waals surface area (Å²) in [5, 5.41) is 2.90. The first-order valence-electron chi connectivity index (χ1n) is 9.07. The van der Waals surface area contributed by atoms with Crippen molar-refractivity contribution in [3.63, 3.8) is 0 Å². The van der Waals surface area contributed by atoms with E-state index in [1.165, 1.54) is 11.4 Å². The third kappa shape index (κ3) is 5.10. The molecule has 0 spiro atoms. The van der Waals surface area contributed by atoms with Crippen molar-refractivity contribution in [2.45, 2.75) is 39.0 Å². The fraction of sp³-hybridized carbons (Fsp3) is 0.381. The molecule has 0 bridgehead atoms. The predicted molar refractivity (Wildman–Crippen MR) is 110 cm³/mol. The lowest BCUT2D eigenvalue weighted by molar-refractivity contribution is 0.0952. The molecule has 0 aliphatic carbocycles. The highest BCUT2D eigenvalue weighted by atomic mass is 32.2. The van der Waals surface area contributed by atoms with Gasteiger partial charge in [0.1, 0.15) is 0 Å². The van der Waals surface area contributed by atoms with Crippen LogP contribution in [0.2, 0.25) is 0 Å². The average molecular weight is 389 g/mol. The highest BCUT2D eigenvalue weighted by molar-refractivity contribution is 7.92. The van der Waals surface area contributed by atoms with E-state index in [1.807, 2.05) is 6.92 Å². The zero-order valence-corrected chi connectivity index (χ0v) is 17.4. The van der Waals surface area contributed by atoms with Crippen LogP contribution in [-0.2, 0) is 10.0 Å². The van der Waals surface area contributed by atoms with E-state index in [0.717, 1.165) is 17.5 Å². The Morgan fingerprint density at radius 1 is 1.07 bits per heavy atom. The van der Waals surface area contributed by atoms with Gasteiger partial charge in [0.05, 0.1) is 10.6 Å². The second kappa shape index (κ2) is 8.57. The average Bonchev–Trinajstić information content (AvgIpc) is 2.61. The molecule has 0 atom stereocenters. The number of benzene rings is 2. The van der Waals surface area contributed by atoms with Gasteiger partial charge in [-0.2, -0.15) is 0 Å². The molecule has 0 unspecified atom stereocenters. The molecular formula is C21H28N2O3S. The Labute approximate surface area is 162 Å². The second-order valence-corrected chi connectivity index (χ2v) is 9.19. The monoisotopic (exact) mass is 388 g/mol. The van der Waals surface area contributed by atoms with E-state index in [9.17, 15) is 13.2 Å². The lowest BCUT2D eigenvalue weighted by Gasteiger charge is -2.22. The summed E-state index contributed by atoms with van der Waals surface area (Å²) in [6.45, 7) is 8.56. The van der Waals surface area contributed by atoms with Crippen LogP contribution in [0.5, 0.6) is 0 Å². The van der Waals surface area contributed by atoms with Crippen LogP contribution in [0.1, 0.15) is 41.8 Å². The van der Waals surface area contributed by atoms with Gasteiger partial charge in [-0.15, -0.1) is 0 Å². The third-order valence-corrected chi connectivity index (χ3v) is 6.27. The molecule has 0 saturated carbocycles. The van der Waals surface area contributed by atoms with Gasteiger partial charge in [0.2, 0.25) is 0 Å². The van der Waals surface area contributed by atoms with E-state index in [1.54, 1.807) is 49.4 Å². The number of carbonyl (C=O) groups excluding carboxylic acids is 1. The van der Waals surface area contributed by atoms with Gasteiger partial charge in [-0.1, -0.05) is 31.5 Å². The summed E-state index contributed by atoms with van der Waals surface area (Å²) in [6, 6.07) is 11.8. The highest BCUT2D eigenvalue weighted by Crippen LogP contribution is 2.26. The van der Waals surface area contributed by atoms with Gasteiger partial charge in [0.25, 0.3) is 15.9 Å².